The van der Waals surface area contributed by atoms with Crippen molar-refractivity contribution in [3.05, 3.63) is 29.3 Å². The van der Waals surface area contributed by atoms with Crippen LogP contribution < -0.4 is 5.32 Å². The van der Waals surface area contributed by atoms with Crippen molar-refractivity contribution in [1.29, 1.82) is 0 Å². The smallest absolute Gasteiger partial charge is 0.243 e. The Morgan fingerprint density at radius 1 is 1.37 bits per heavy atom. The van der Waals surface area contributed by atoms with Gasteiger partial charge in [-0.25, -0.2) is 8.42 Å². The fourth-order valence-corrected chi connectivity index (χ4v) is 4.19. The average Bonchev–Trinajstić information content (AvgIpc) is 2.40. The maximum atomic E-state index is 12.5. The van der Waals surface area contributed by atoms with Crippen LogP contribution in [-0.4, -0.2) is 39.4 Å². The van der Waals surface area contributed by atoms with Crippen LogP contribution in [0.4, 0.5) is 0 Å². The van der Waals surface area contributed by atoms with Gasteiger partial charge in [-0.15, -0.1) is 0 Å². The highest BCUT2D eigenvalue weighted by atomic mass is 35.5. The first-order chi connectivity index (χ1) is 9.04. The lowest BCUT2D eigenvalue weighted by atomic mass is 9.98. The summed E-state index contributed by atoms with van der Waals surface area (Å²) in [5, 5.41) is 3.59. The van der Waals surface area contributed by atoms with Gasteiger partial charge in [0.15, 0.2) is 0 Å². The predicted octanol–water partition coefficient (Wildman–Crippen LogP) is 1.96. The van der Waals surface area contributed by atoms with E-state index in [4.69, 9.17) is 11.6 Å². The van der Waals surface area contributed by atoms with E-state index in [-0.39, 0.29) is 4.90 Å². The Morgan fingerprint density at radius 3 is 2.63 bits per heavy atom. The molecule has 0 saturated carbocycles. The molecule has 0 radical (unpaired) electrons. The molecule has 6 heteroatoms. The second kappa shape index (κ2) is 6.22. The van der Waals surface area contributed by atoms with Crippen LogP contribution in [0.25, 0.3) is 0 Å². The quantitative estimate of drug-likeness (QED) is 0.925. The number of sulfonamides is 1. The molecule has 1 N–H and O–H groups in total. The lowest BCUT2D eigenvalue weighted by Gasteiger charge is -2.31. The van der Waals surface area contributed by atoms with Crippen LogP contribution in [0.15, 0.2) is 29.2 Å². The van der Waals surface area contributed by atoms with Crippen molar-refractivity contribution in [1.82, 2.24) is 9.62 Å². The number of hydrogen-bond acceptors (Lipinski definition) is 3. The summed E-state index contributed by atoms with van der Waals surface area (Å²) < 4.78 is 26.5. The fourth-order valence-electron chi connectivity index (χ4n) is 2.42. The van der Waals surface area contributed by atoms with Crippen molar-refractivity contribution in [3.8, 4) is 0 Å². The van der Waals surface area contributed by atoms with Gasteiger partial charge in [-0.05, 0) is 50.6 Å². The van der Waals surface area contributed by atoms with Crippen molar-refractivity contribution in [2.24, 2.45) is 5.92 Å². The maximum absolute atomic E-state index is 12.5. The summed E-state index contributed by atoms with van der Waals surface area (Å²) in [5.41, 5.74) is 0. The van der Waals surface area contributed by atoms with Crippen LogP contribution in [0.1, 0.15) is 12.8 Å². The number of nitrogens with one attached hydrogen (secondary N) is 1. The fraction of sp³-hybridized carbons (Fsp3) is 0.538. The van der Waals surface area contributed by atoms with Gasteiger partial charge in [0.2, 0.25) is 10.0 Å². The molecule has 1 aliphatic rings. The summed E-state index contributed by atoms with van der Waals surface area (Å²) in [6, 6.07) is 6.46. The summed E-state index contributed by atoms with van der Waals surface area (Å²) in [6.45, 7) is 2.12. The minimum atomic E-state index is -3.39. The molecule has 2 rings (SSSR count). The van der Waals surface area contributed by atoms with E-state index in [9.17, 15) is 8.42 Å². The van der Waals surface area contributed by atoms with Gasteiger partial charge in [0.05, 0.1) is 4.90 Å². The number of nitrogens with zero attached hydrogens (tertiary/aromatic N) is 1. The first-order valence-electron chi connectivity index (χ1n) is 6.44. The molecule has 0 bridgehead atoms. The third-order valence-electron chi connectivity index (χ3n) is 3.50. The monoisotopic (exact) mass is 302 g/mol. The van der Waals surface area contributed by atoms with Gasteiger partial charge in [0, 0.05) is 18.1 Å². The van der Waals surface area contributed by atoms with Gasteiger partial charge in [0.1, 0.15) is 0 Å². The normalized spacial score (nSPS) is 18.6. The molecule has 0 spiro atoms. The van der Waals surface area contributed by atoms with E-state index in [1.54, 1.807) is 22.5 Å². The van der Waals surface area contributed by atoms with Crippen LogP contribution in [0, 0.1) is 5.92 Å². The number of piperidine rings is 1. The zero-order valence-electron chi connectivity index (χ0n) is 11.0. The number of benzene rings is 1. The second-order valence-electron chi connectivity index (χ2n) is 4.86. The van der Waals surface area contributed by atoms with Crippen molar-refractivity contribution in [3.63, 3.8) is 0 Å². The maximum Gasteiger partial charge on any atom is 0.243 e. The number of hydrogen-bond donors (Lipinski definition) is 1. The van der Waals surface area contributed by atoms with Crippen molar-refractivity contribution >= 4 is 21.6 Å². The summed E-state index contributed by atoms with van der Waals surface area (Å²) in [6.07, 6.45) is 1.81. The molecule has 1 aliphatic heterocycles. The molecule has 0 aromatic heterocycles. The van der Waals surface area contributed by atoms with E-state index in [0.29, 0.717) is 24.0 Å². The van der Waals surface area contributed by atoms with E-state index < -0.39 is 10.0 Å². The summed E-state index contributed by atoms with van der Waals surface area (Å²) in [5.74, 6) is 0.566. The molecular weight excluding hydrogens is 284 g/mol. The third-order valence-corrected chi connectivity index (χ3v) is 5.63. The highest BCUT2D eigenvalue weighted by Crippen LogP contribution is 2.24. The zero-order chi connectivity index (χ0) is 13.9. The van der Waals surface area contributed by atoms with Crippen LogP contribution in [0.2, 0.25) is 5.02 Å². The van der Waals surface area contributed by atoms with Gasteiger partial charge < -0.3 is 5.32 Å². The van der Waals surface area contributed by atoms with Gasteiger partial charge in [0.25, 0.3) is 0 Å². The van der Waals surface area contributed by atoms with Crippen molar-refractivity contribution in [2.75, 3.05) is 26.7 Å². The van der Waals surface area contributed by atoms with Gasteiger partial charge in [-0.3, -0.25) is 0 Å². The number of rotatable bonds is 4. The van der Waals surface area contributed by atoms with Crippen LogP contribution >= 0.6 is 11.6 Å². The third kappa shape index (κ3) is 3.48. The van der Waals surface area contributed by atoms with E-state index >= 15 is 0 Å². The van der Waals surface area contributed by atoms with Crippen LogP contribution in [0.5, 0.6) is 0 Å². The summed E-state index contributed by atoms with van der Waals surface area (Å²) >= 11 is 5.86. The molecule has 1 saturated heterocycles. The highest BCUT2D eigenvalue weighted by Gasteiger charge is 2.29. The highest BCUT2D eigenvalue weighted by molar-refractivity contribution is 7.89. The second-order valence-corrected chi connectivity index (χ2v) is 7.24. The molecule has 1 heterocycles. The lowest BCUT2D eigenvalue weighted by molar-refractivity contribution is 0.270. The van der Waals surface area contributed by atoms with Crippen molar-refractivity contribution < 1.29 is 8.42 Å². The van der Waals surface area contributed by atoms with Crippen LogP contribution in [-0.2, 0) is 10.0 Å². The Bertz CT molecular complexity index is 525. The van der Waals surface area contributed by atoms with Gasteiger partial charge in [-0.1, -0.05) is 17.7 Å². The Morgan fingerprint density at radius 2 is 2.05 bits per heavy atom. The molecular formula is C13H19ClN2O2S. The first kappa shape index (κ1) is 14.8. The SMILES string of the molecule is CNCC1CCN(S(=O)(=O)c2cccc(Cl)c2)CC1. The molecule has 0 unspecified atom stereocenters. The molecule has 1 aromatic rings. The molecule has 0 aliphatic carbocycles. The molecule has 1 fully saturated rings. The summed E-state index contributed by atoms with van der Waals surface area (Å²) in [7, 11) is -1.47. The largest absolute Gasteiger partial charge is 0.319 e. The van der Waals surface area contributed by atoms with E-state index in [1.807, 2.05) is 7.05 Å². The Labute approximate surface area is 119 Å². The standard InChI is InChI=1S/C13H19ClN2O2S/c1-15-10-11-5-7-16(8-6-11)19(17,18)13-4-2-3-12(14)9-13/h2-4,9,11,15H,5-8,10H2,1H3. The zero-order valence-corrected chi connectivity index (χ0v) is 12.5. The van der Waals surface area contributed by atoms with Crippen LogP contribution in [0.3, 0.4) is 0 Å². The molecule has 0 atom stereocenters. The summed E-state index contributed by atoms with van der Waals surface area (Å²) in [4.78, 5) is 0.284. The van der Waals surface area contributed by atoms with Gasteiger partial charge >= 0.3 is 0 Å². The predicted molar refractivity (Wildman–Crippen MR) is 76.9 cm³/mol. The first-order valence-corrected chi connectivity index (χ1v) is 8.26. The number of halogens is 1. The van der Waals surface area contributed by atoms with E-state index in [2.05, 4.69) is 5.32 Å². The minimum Gasteiger partial charge on any atom is -0.319 e. The molecule has 1 aromatic carbocycles. The van der Waals surface area contributed by atoms with Crippen molar-refractivity contribution in [2.45, 2.75) is 17.7 Å². The Hall–Kier alpha value is -0.620. The van der Waals surface area contributed by atoms with Gasteiger partial charge in [-0.2, -0.15) is 4.31 Å². The molecule has 0 amide bonds. The lowest BCUT2D eigenvalue weighted by Crippen LogP contribution is -2.40. The Balaban J connectivity index is 2.10. The Kier molecular flexibility index (Phi) is 4.84. The molecule has 106 valence electrons. The minimum absolute atomic E-state index is 0.284. The molecule has 4 nitrogen and oxygen atoms in total. The topological polar surface area (TPSA) is 49.4 Å². The van der Waals surface area contributed by atoms with E-state index in [1.165, 1.54) is 6.07 Å². The van der Waals surface area contributed by atoms with E-state index in [0.717, 1.165) is 19.4 Å². The molecule has 19 heavy (non-hydrogen) atoms. The average molecular weight is 303 g/mol.